The Morgan fingerprint density at radius 1 is 1.09 bits per heavy atom. The second-order valence-electron chi connectivity index (χ2n) is 8.34. The highest BCUT2D eigenvalue weighted by Crippen LogP contribution is 2.33. The number of hydrogen-bond acceptors (Lipinski definition) is 9. The quantitative estimate of drug-likeness (QED) is 0.581. The number of nitrogens with two attached hydrogens (primary N) is 1. The van der Waals surface area contributed by atoms with Gasteiger partial charge in [0.15, 0.2) is 0 Å². The van der Waals surface area contributed by atoms with Crippen LogP contribution in [0, 0.1) is 0 Å². The van der Waals surface area contributed by atoms with Crippen molar-refractivity contribution in [2.75, 3.05) is 36.5 Å². The molecular formula is C23H27N7O3. The smallest absolute Gasteiger partial charge is 0.268 e. The number of rotatable bonds is 6. The summed E-state index contributed by atoms with van der Waals surface area (Å²) in [6.45, 7) is 2.97. The molecule has 3 heterocycles. The molecule has 2 aromatic heterocycles. The van der Waals surface area contributed by atoms with Gasteiger partial charge in [-0.15, -0.1) is 0 Å². The van der Waals surface area contributed by atoms with Crippen LogP contribution in [0.1, 0.15) is 36.2 Å². The van der Waals surface area contributed by atoms with Crippen molar-refractivity contribution >= 4 is 28.6 Å². The van der Waals surface area contributed by atoms with Gasteiger partial charge in [-0.25, -0.2) is 15.0 Å². The number of primary amides is 1. The lowest BCUT2D eigenvalue weighted by Gasteiger charge is -2.31. The van der Waals surface area contributed by atoms with Crippen molar-refractivity contribution < 1.29 is 14.3 Å². The lowest BCUT2D eigenvalue weighted by atomic mass is 9.93. The molecule has 0 unspecified atom stereocenters. The highest BCUT2D eigenvalue weighted by Gasteiger charge is 2.25. The zero-order valence-corrected chi connectivity index (χ0v) is 18.3. The third-order valence-electron chi connectivity index (χ3n) is 6.09. The largest absolute Gasteiger partial charge is 0.488 e. The van der Waals surface area contributed by atoms with Crippen molar-refractivity contribution in [3.63, 3.8) is 0 Å². The number of fused-ring (bicyclic) bond motifs is 1. The number of hydrogen-bond donors (Lipinski definition) is 2. The fourth-order valence-corrected chi connectivity index (χ4v) is 4.34. The van der Waals surface area contributed by atoms with E-state index in [0.717, 1.165) is 44.5 Å². The molecule has 2 aliphatic rings. The first-order valence-corrected chi connectivity index (χ1v) is 11.3. The molecule has 1 amide bonds. The summed E-state index contributed by atoms with van der Waals surface area (Å²) in [5.41, 5.74) is 7.82. The summed E-state index contributed by atoms with van der Waals surface area (Å²) in [6.07, 6.45) is 8.59. The summed E-state index contributed by atoms with van der Waals surface area (Å²) in [5.74, 6) is 0.676. The average molecular weight is 450 g/mol. The zero-order chi connectivity index (χ0) is 22.6. The maximum Gasteiger partial charge on any atom is 0.268 e. The molecule has 0 atom stereocenters. The number of nitrogens with zero attached hydrogens (tertiary/aromatic N) is 5. The minimum absolute atomic E-state index is 0.0434. The van der Waals surface area contributed by atoms with Crippen LogP contribution in [0.3, 0.4) is 0 Å². The predicted molar refractivity (Wildman–Crippen MR) is 123 cm³/mol. The Bertz CT molecular complexity index is 1110. The van der Waals surface area contributed by atoms with E-state index in [1.807, 2.05) is 12.1 Å². The Morgan fingerprint density at radius 3 is 2.58 bits per heavy atom. The maximum atomic E-state index is 11.7. The van der Waals surface area contributed by atoms with E-state index >= 15 is 0 Å². The second kappa shape index (κ2) is 9.53. The molecule has 2 fully saturated rings. The number of amides is 1. The van der Waals surface area contributed by atoms with Crippen molar-refractivity contribution in [2.45, 2.75) is 37.8 Å². The van der Waals surface area contributed by atoms with Crippen LogP contribution in [0.2, 0.25) is 0 Å². The van der Waals surface area contributed by atoms with Crippen LogP contribution in [0.5, 0.6) is 5.75 Å². The van der Waals surface area contributed by atoms with Crippen LogP contribution >= 0.6 is 0 Å². The molecule has 1 aliphatic carbocycles. The van der Waals surface area contributed by atoms with E-state index in [9.17, 15) is 4.79 Å². The molecule has 0 spiro atoms. The van der Waals surface area contributed by atoms with Crippen LogP contribution in [0.15, 0.2) is 36.8 Å². The van der Waals surface area contributed by atoms with E-state index < -0.39 is 5.91 Å². The Kier molecular flexibility index (Phi) is 6.16. The van der Waals surface area contributed by atoms with Gasteiger partial charge in [-0.2, -0.15) is 0 Å². The molecular weight excluding hydrogens is 422 g/mol. The Hall–Kier alpha value is -3.53. The number of morpholine rings is 1. The van der Waals surface area contributed by atoms with E-state index in [0.29, 0.717) is 42.0 Å². The molecule has 0 radical (unpaired) electrons. The summed E-state index contributed by atoms with van der Waals surface area (Å²) in [7, 11) is 0. The zero-order valence-electron chi connectivity index (χ0n) is 18.3. The predicted octanol–water partition coefficient (Wildman–Crippen LogP) is 2.16. The third-order valence-corrected chi connectivity index (χ3v) is 6.09. The van der Waals surface area contributed by atoms with Gasteiger partial charge in [-0.05, 0) is 37.8 Å². The number of carbonyl (C=O) groups is 1. The van der Waals surface area contributed by atoms with Crippen molar-refractivity contribution in [1.82, 2.24) is 19.9 Å². The van der Waals surface area contributed by atoms with Crippen molar-refractivity contribution in [3.8, 4) is 5.75 Å². The molecule has 3 aromatic rings. The van der Waals surface area contributed by atoms with Gasteiger partial charge in [0, 0.05) is 43.3 Å². The standard InChI is InChI=1S/C23H27N7O3/c24-22(31)19-14-27-18-12-16(30-8-10-32-11-9-30)13-20(21(18)29-19)33-17-4-2-15(3-5-17)28-23-25-6-1-7-26-23/h1,6-7,12-15,17H,2-5,8-11H2,(H2,24,31)(H,25,26,28)/t15-,17+. The molecule has 10 heteroatoms. The minimum atomic E-state index is -0.609. The first-order valence-electron chi connectivity index (χ1n) is 11.3. The van der Waals surface area contributed by atoms with Gasteiger partial charge in [-0.3, -0.25) is 9.78 Å². The maximum absolute atomic E-state index is 11.7. The monoisotopic (exact) mass is 449 g/mol. The SMILES string of the molecule is NC(=O)c1cnc2cc(N3CCOCC3)cc(O[C@H]3CC[C@@H](Nc4ncccn4)CC3)c2n1. The molecule has 1 saturated carbocycles. The van der Waals surface area contributed by atoms with Crippen molar-refractivity contribution in [3.05, 3.63) is 42.5 Å². The van der Waals surface area contributed by atoms with Gasteiger partial charge >= 0.3 is 0 Å². The first-order chi connectivity index (χ1) is 16.2. The second-order valence-corrected chi connectivity index (χ2v) is 8.34. The molecule has 10 nitrogen and oxygen atoms in total. The van der Waals surface area contributed by atoms with E-state index in [2.05, 4.69) is 30.2 Å². The highest BCUT2D eigenvalue weighted by molar-refractivity contribution is 5.94. The highest BCUT2D eigenvalue weighted by atomic mass is 16.5. The van der Waals surface area contributed by atoms with E-state index in [1.165, 1.54) is 6.20 Å². The van der Waals surface area contributed by atoms with E-state index in [4.69, 9.17) is 15.2 Å². The summed E-state index contributed by atoms with van der Waals surface area (Å²) in [5, 5.41) is 3.40. The average Bonchev–Trinajstić information content (AvgIpc) is 2.86. The van der Waals surface area contributed by atoms with Crippen LogP contribution in [-0.4, -0.2) is 64.3 Å². The third kappa shape index (κ3) is 4.95. The fraction of sp³-hybridized carbons (Fsp3) is 0.435. The van der Waals surface area contributed by atoms with Crippen molar-refractivity contribution in [1.29, 1.82) is 0 Å². The van der Waals surface area contributed by atoms with E-state index in [-0.39, 0.29) is 11.8 Å². The van der Waals surface area contributed by atoms with Gasteiger partial charge in [0.05, 0.1) is 31.0 Å². The summed E-state index contributed by atoms with van der Waals surface area (Å²) < 4.78 is 11.9. The van der Waals surface area contributed by atoms with E-state index in [1.54, 1.807) is 18.5 Å². The lowest BCUT2D eigenvalue weighted by Crippen LogP contribution is -2.36. The summed E-state index contributed by atoms with van der Waals surface area (Å²) >= 11 is 0. The van der Waals surface area contributed by atoms with Gasteiger partial charge in [0.1, 0.15) is 17.0 Å². The molecule has 172 valence electrons. The van der Waals surface area contributed by atoms with Crippen LogP contribution in [0.4, 0.5) is 11.6 Å². The number of carbonyl (C=O) groups excluding carboxylic acids is 1. The Morgan fingerprint density at radius 2 is 1.85 bits per heavy atom. The number of aromatic nitrogens is 4. The molecule has 5 rings (SSSR count). The molecule has 3 N–H and O–H groups in total. The van der Waals surface area contributed by atoms with Gasteiger partial charge in [-0.1, -0.05) is 0 Å². The Balaban J connectivity index is 1.35. The number of anilines is 2. The van der Waals surface area contributed by atoms with Gasteiger partial charge in [0.2, 0.25) is 5.95 Å². The lowest BCUT2D eigenvalue weighted by molar-refractivity contribution is 0.0995. The first kappa shape index (κ1) is 21.3. The molecule has 0 bridgehead atoms. The molecule has 1 saturated heterocycles. The summed E-state index contributed by atoms with van der Waals surface area (Å²) in [4.78, 5) is 31.3. The minimum Gasteiger partial charge on any atom is -0.488 e. The normalized spacial score (nSPS) is 21.0. The Labute approximate surface area is 191 Å². The number of benzene rings is 1. The molecule has 33 heavy (non-hydrogen) atoms. The van der Waals surface area contributed by atoms with Crippen molar-refractivity contribution in [2.24, 2.45) is 5.73 Å². The molecule has 1 aliphatic heterocycles. The molecule has 1 aromatic carbocycles. The fourth-order valence-electron chi connectivity index (χ4n) is 4.34. The van der Waals surface area contributed by atoms with Crippen LogP contribution in [0.25, 0.3) is 11.0 Å². The van der Waals surface area contributed by atoms with Gasteiger partial charge < -0.3 is 25.4 Å². The van der Waals surface area contributed by atoms with Gasteiger partial charge in [0.25, 0.3) is 5.91 Å². The number of nitrogens with one attached hydrogen (secondary N) is 1. The topological polar surface area (TPSA) is 128 Å². The summed E-state index contributed by atoms with van der Waals surface area (Å²) in [6, 6.07) is 6.09. The van der Waals surface area contributed by atoms with Crippen LogP contribution in [-0.2, 0) is 4.74 Å². The van der Waals surface area contributed by atoms with Crippen LogP contribution < -0.4 is 20.7 Å². The number of ether oxygens (including phenoxy) is 2.